The summed E-state index contributed by atoms with van der Waals surface area (Å²) in [5, 5.41) is 12.5. The largest absolute Gasteiger partial charge is 0.338 e. The Morgan fingerprint density at radius 1 is 1.22 bits per heavy atom. The third kappa shape index (κ3) is 6.22. The molecular weight excluding hydrogens is 230 g/mol. The third-order valence-corrected chi connectivity index (χ3v) is 2.57. The number of rotatable bonds is 8. The molecule has 1 aromatic rings. The van der Waals surface area contributed by atoms with Crippen molar-refractivity contribution in [2.75, 3.05) is 13.1 Å². The molecule has 1 heterocycles. The summed E-state index contributed by atoms with van der Waals surface area (Å²) in [4.78, 5) is 15.6. The van der Waals surface area contributed by atoms with Gasteiger partial charge in [0.1, 0.15) is 5.82 Å². The van der Waals surface area contributed by atoms with Crippen molar-refractivity contribution in [1.82, 2.24) is 25.8 Å². The molecule has 0 fully saturated rings. The van der Waals surface area contributed by atoms with E-state index in [2.05, 4.69) is 32.7 Å². The molecule has 0 spiro atoms. The summed E-state index contributed by atoms with van der Waals surface area (Å²) in [6.07, 6.45) is 4.99. The molecule has 1 rings (SSSR count). The van der Waals surface area contributed by atoms with Gasteiger partial charge < -0.3 is 10.6 Å². The van der Waals surface area contributed by atoms with Gasteiger partial charge in [0, 0.05) is 19.5 Å². The van der Waals surface area contributed by atoms with Crippen LogP contribution in [-0.2, 0) is 6.42 Å². The molecule has 0 aliphatic carbocycles. The van der Waals surface area contributed by atoms with Crippen LogP contribution in [0.3, 0.4) is 0 Å². The smallest absolute Gasteiger partial charge is 0.314 e. The minimum atomic E-state index is -0.0859. The third-order valence-electron chi connectivity index (χ3n) is 2.57. The minimum Gasteiger partial charge on any atom is -0.338 e. The fraction of sp³-hybridized carbons (Fsp3) is 0.750. The molecule has 1 aromatic heterocycles. The van der Waals surface area contributed by atoms with Crippen molar-refractivity contribution in [3.8, 4) is 0 Å². The molecule has 0 aromatic carbocycles. The summed E-state index contributed by atoms with van der Waals surface area (Å²) in [5.41, 5.74) is 0. The van der Waals surface area contributed by atoms with Crippen LogP contribution >= 0.6 is 0 Å². The highest BCUT2D eigenvalue weighted by molar-refractivity contribution is 5.73. The zero-order valence-electron chi connectivity index (χ0n) is 11.3. The maximum atomic E-state index is 11.4. The fourth-order valence-corrected chi connectivity index (χ4v) is 1.59. The Morgan fingerprint density at radius 2 is 1.94 bits per heavy atom. The van der Waals surface area contributed by atoms with Gasteiger partial charge >= 0.3 is 6.03 Å². The summed E-state index contributed by atoms with van der Waals surface area (Å²) < 4.78 is 0. The van der Waals surface area contributed by atoms with Gasteiger partial charge in [-0.3, -0.25) is 5.10 Å². The molecule has 0 bridgehead atoms. The Balaban J connectivity index is 1.98. The van der Waals surface area contributed by atoms with Gasteiger partial charge in [0.2, 0.25) is 0 Å². The van der Waals surface area contributed by atoms with Crippen LogP contribution in [0, 0.1) is 6.92 Å². The van der Waals surface area contributed by atoms with Crippen LogP contribution in [0.1, 0.15) is 44.3 Å². The number of hydrogen-bond donors (Lipinski definition) is 3. The standard InChI is InChI=1S/C12H23N5O/c1-3-4-5-8-13-12(18)14-9-6-7-11-15-10(2)16-17-11/h3-9H2,1-2H3,(H2,13,14,18)(H,15,16,17). The van der Waals surface area contributed by atoms with E-state index in [0.29, 0.717) is 6.54 Å². The van der Waals surface area contributed by atoms with Crippen LogP contribution in [0.15, 0.2) is 0 Å². The summed E-state index contributed by atoms with van der Waals surface area (Å²) in [6, 6.07) is -0.0859. The topological polar surface area (TPSA) is 82.7 Å². The second-order valence-electron chi connectivity index (χ2n) is 4.33. The second-order valence-corrected chi connectivity index (χ2v) is 4.33. The van der Waals surface area contributed by atoms with Crippen LogP contribution in [-0.4, -0.2) is 34.3 Å². The number of aromatic nitrogens is 3. The van der Waals surface area contributed by atoms with E-state index in [1.165, 1.54) is 6.42 Å². The number of H-pyrrole nitrogens is 1. The number of amides is 2. The molecule has 0 saturated heterocycles. The fourth-order valence-electron chi connectivity index (χ4n) is 1.59. The van der Waals surface area contributed by atoms with Crippen molar-refractivity contribution in [1.29, 1.82) is 0 Å². The average molecular weight is 253 g/mol. The molecule has 6 heteroatoms. The number of nitrogens with zero attached hydrogens (tertiary/aromatic N) is 2. The van der Waals surface area contributed by atoms with Crippen molar-refractivity contribution in [3.05, 3.63) is 11.6 Å². The molecule has 0 unspecified atom stereocenters. The normalized spacial score (nSPS) is 10.3. The Kier molecular flexibility index (Phi) is 6.83. The molecule has 6 nitrogen and oxygen atoms in total. The van der Waals surface area contributed by atoms with Gasteiger partial charge in [0.05, 0.1) is 0 Å². The maximum absolute atomic E-state index is 11.4. The SMILES string of the molecule is CCCCCNC(=O)NCCCc1n[nH]c(C)n1. The molecule has 3 N–H and O–H groups in total. The van der Waals surface area contributed by atoms with E-state index < -0.39 is 0 Å². The van der Waals surface area contributed by atoms with Crippen molar-refractivity contribution in [3.63, 3.8) is 0 Å². The first-order chi connectivity index (χ1) is 8.72. The summed E-state index contributed by atoms with van der Waals surface area (Å²) in [5.74, 6) is 1.63. The number of unbranched alkanes of at least 4 members (excludes halogenated alkanes) is 2. The van der Waals surface area contributed by atoms with Gasteiger partial charge in [0.15, 0.2) is 5.82 Å². The highest BCUT2D eigenvalue weighted by Gasteiger charge is 2.01. The number of aryl methyl sites for hydroxylation is 2. The molecule has 0 radical (unpaired) electrons. The van der Waals surface area contributed by atoms with Crippen molar-refractivity contribution in [2.24, 2.45) is 0 Å². The van der Waals surface area contributed by atoms with E-state index in [1.807, 2.05) is 6.92 Å². The van der Waals surface area contributed by atoms with Gasteiger partial charge in [-0.25, -0.2) is 9.78 Å². The number of aromatic amines is 1. The number of urea groups is 1. The Labute approximate surface area is 108 Å². The summed E-state index contributed by atoms with van der Waals surface area (Å²) in [7, 11) is 0. The Hall–Kier alpha value is -1.59. The zero-order chi connectivity index (χ0) is 13.2. The first kappa shape index (κ1) is 14.5. The number of nitrogens with one attached hydrogen (secondary N) is 3. The van der Waals surface area contributed by atoms with E-state index >= 15 is 0 Å². The zero-order valence-corrected chi connectivity index (χ0v) is 11.3. The van der Waals surface area contributed by atoms with Crippen LogP contribution in [0.5, 0.6) is 0 Å². The summed E-state index contributed by atoms with van der Waals surface area (Å²) >= 11 is 0. The highest BCUT2D eigenvalue weighted by Crippen LogP contribution is 1.95. The lowest BCUT2D eigenvalue weighted by Crippen LogP contribution is -2.36. The van der Waals surface area contributed by atoms with Crippen LogP contribution < -0.4 is 10.6 Å². The van der Waals surface area contributed by atoms with Crippen molar-refractivity contribution >= 4 is 6.03 Å². The first-order valence-electron chi connectivity index (χ1n) is 6.62. The lowest BCUT2D eigenvalue weighted by molar-refractivity contribution is 0.240. The van der Waals surface area contributed by atoms with Crippen molar-refractivity contribution in [2.45, 2.75) is 46.0 Å². The Morgan fingerprint density at radius 3 is 2.56 bits per heavy atom. The summed E-state index contributed by atoms with van der Waals surface area (Å²) in [6.45, 7) is 5.41. The molecule has 18 heavy (non-hydrogen) atoms. The van der Waals surface area contributed by atoms with Gasteiger partial charge in [-0.15, -0.1) is 0 Å². The maximum Gasteiger partial charge on any atom is 0.314 e. The quantitative estimate of drug-likeness (QED) is 0.614. The van der Waals surface area contributed by atoms with Gasteiger partial charge in [0.25, 0.3) is 0 Å². The van der Waals surface area contributed by atoms with Crippen LogP contribution in [0.25, 0.3) is 0 Å². The van der Waals surface area contributed by atoms with Gasteiger partial charge in [-0.05, 0) is 19.8 Å². The lowest BCUT2D eigenvalue weighted by atomic mass is 10.2. The highest BCUT2D eigenvalue weighted by atomic mass is 16.2. The molecule has 0 aliphatic rings. The first-order valence-corrected chi connectivity index (χ1v) is 6.62. The van der Waals surface area contributed by atoms with Gasteiger partial charge in [-0.2, -0.15) is 5.10 Å². The molecule has 102 valence electrons. The molecule has 0 saturated carbocycles. The second kappa shape index (κ2) is 8.49. The molecular formula is C12H23N5O. The number of hydrogen-bond acceptors (Lipinski definition) is 3. The predicted molar refractivity (Wildman–Crippen MR) is 70.4 cm³/mol. The molecule has 0 atom stereocenters. The average Bonchev–Trinajstić information content (AvgIpc) is 2.76. The lowest BCUT2D eigenvalue weighted by Gasteiger charge is -2.06. The molecule has 0 aliphatic heterocycles. The van der Waals surface area contributed by atoms with Gasteiger partial charge in [-0.1, -0.05) is 19.8 Å². The van der Waals surface area contributed by atoms with Crippen molar-refractivity contribution < 1.29 is 4.79 Å². The van der Waals surface area contributed by atoms with E-state index in [9.17, 15) is 4.79 Å². The van der Waals surface area contributed by atoms with E-state index in [1.54, 1.807) is 0 Å². The predicted octanol–water partition coefficient (Wildman–Crippen LogP) is 1.54. The Bertz CT molecular complexity index is 350. The van der Waals surface area contributed by atoms with Crippen LogP contribution in [0.2, 0.25) is 0 Å². The van der Waals surface area contributed by atoms with Crippen LogP contribution in [0.4, 0.5) is 4.79 Å². The van der Waals surface area contributed by atoms with E-state index in [4.69, 9.17) is 0 Å². The number of carbonyl (C=O) groups excluding carboxylic acids is 1. The van der Waals surface area contributed by atoms with E-state index in [0.717, 1.165) is 43.9 Å². The van der Waals surface area contributed by atoms with E-state index in [-0.39, 0.29) is 6.03 Å². The monoisotopic (exact) mass is 253 g/mol. The minimum absolute atomic E-state index is 0.0859. The number of carbonyl (C=O) groups is 1. The molecule has 2 amide bonds.